The summed E-state index contributed by atoms with van der Waals surface area (Å²) in [4.78, 5) is 12.8. The van der Waals surface area contributed by atoms with Crippen molar-refractivity contribution < 1.29 is 18.7 Å². The molecule has 0 bridgehead atoms. The van der Waals surface area contributed by atoms with Crippen LogP contribution in [0.5, 0.6) is 0 Å². The van der Waals surface area contributed by atoms with Gasteiger partial charge in [-0.05, 0) is 38.1 Å². The molecule has 5 heteroatoms. The van der Waals surface area contributed by atoms with Crippen molar-refractivity contribution in [3.63, 3.8) is 0 Å². The molecule has 1 aromatic carbocycles. The van der Waals surface area contributed by atoms with E-state index in [1.54, 1.807) is 11.9 Å². The Hall–Kier alpha value is -1.49. The number of hydrogen-bond acceptors (Lipinski definition) is 2. The zero-order valence-electron chi connectivity index (χ0n) is 9.36. The Morgan fingerprint density at radius 1 is 1.47 bits per heavy atom. The van der Waals surface area contributed by atoms with Crippen molar-refractivity contribution in [2.75, 3.05) is 7.05 Å². The molecule has 0 aromatic heterocycles. The summed E-state index contributed by atoms with van der Waals surface area (Å²) >= 11 is 0. The van der Waals surface area contributed by atoms with Crippen LogP contribution < -0.4 is 0 Å². The molecular weight excluding hydrogens is 228 g/mol. The van der Waals surface area contributed by atoms with Crippen LogP contribution in [0.3, 0.4) is 0 Å². The number of hydrogen-bond donors (Lipinski definition) is 1. The van der Waals surface area contributed by atoms with E-state index in [0.29, 0.717) is 0 Å². The number of nitrogens with zero attached hydrogens (tertiary/aromatic N) is 1. The molecule has 0 saturated heterocycles. The van der Waals surface area contributed by atoms with E-state index in [4.69, 9.17) is 5.11 Å². The van der Waals surface area contributed by atoms with E-state index in [1.165, 1.54) is 0 Å². The van der Waals surface area contributed by atoms with Crippen LogP contribution in [0.4, 0.5) is 8.78 Å². The second kappa shape index (κ2) is 4.41. The highest BCUT2D eigenvalue weighted by Gasteiger charge is 2.36. The Labute approximate surface area is 97.7 Å². The summed E-state index contributed by atoms with van der Waals surface area (Å²) in [5, 5.41) is 9.16. The molecule has 3 nitrogen and oxygen atoms in total. The number of likely N-dealkylation sites (N-methyl/N-ethyl adjacent to an activating group) is 1. The Bertz CT molecular complexity index is 446. The maximum absolute atomic E-state index is 13.6. The van der Waals surface area contributed by atoms with E-state index in [-0.39, 0.29) is 11.6 Å². The fourth-order valence-corrected chi connectivity index (χ4v) is 1.94. The number of carboxylic acids is 1. The molecule has 0 spiro atoms. The standard InChI is InChI=1S/C12H13F2NO2/c1-15(8-3-4-8)11(12(16)17)9-6-7(13)2-5-10(9)14/h2,5-6,8,11H,3-4H2,1H3,(H,16,17). The van der Waals surface area contributed by atoms with E-state index < -0.39 is 23.6 Å². The van der Waals surface area contributed by atoms with Gasteiger partial charge >= 0.3 is 5.97 Å². The van der Waals surface area contributed by atoms with Crippen LogP contribution in [-0.4, -0.2) is 29.1 Å². The predicted octanol–water partition coefficient (Wildman–Crippen LogP) is 2.18. The molecule has 1 unspecified atom stereocenters. The molecule has 1 saturated carbocycles. The molecule has 1 aromatic rings. The lowest BCUT2D eigenvalue weighted by molar-refractivity contribution is -0.143. The zero-order valence-corrected chi connectivity index (χ0v) is 9.36. The van der Waals surface area contributed by atoms with Crippen LogP contribution in [0.1, 0.15) is 24.4 Å². The molecule has 2 rings (SSSR count). The van der Waals surface area contributed by atoms with Gasteiger partial charge in [-0.2, -0.15) is 0 Å². The Morgan fingerprint density at radius 3 is 2.65 bits per heavy atom. The average molecular weight is 241 g/mol. The van der Waals surface area contributed by atoms with Crippen molar-refractivity contribution in [1.29, 1.82) is 0 Å². The normalized spacial score (nSPS) is 17.2. The second-order valence-corrected chi connectivity index (χ2v) is 4.30. The average Bonchev–Trinajstić information content (AvgIpc) is 3.06. The minimum absolute atomic E-state index is 0.119. The quantitative estimate of drug-likeness (QED) is 0.878. The second-order valence-electron chi connectivity index (χ2n) is 4.30. The molecule has 1 fully saturated rings. The first-order chi connectivity index (χ1) is 8.00. The van der Waals surface area contributed by atoms with Gasteiger partial charge in [-0.15, -0.1) is 0 Å². The van der Waals surface area contributed by atoms with Gasteiger partial charge in [0.05, 0.1) is 0 Å². The van der Waals surface area contributed by atoms with Crippen LogP contribution in [0, 0.1) is 11.6 Å². The SMILES string of the molecule is CN(C1CC1)C(C(=O)O)c1cc(F)ccc1F. The Balaban J connectivity index is 2.37. The minimum Gasteiger partial charge on any atom is -0.480 e. The summed E-state index contributed by atoms with van der Waals surface area (Å²) in [6, 6.07) is 1.92. The number of aliphatic carboxylic acids is 1. The highest BCUT2D eigenvalue weighted by Crippen LogP contribution is 2.34. The van der Waals surface area contributed by atoms with Crippen molar-refractivity contribution in [1.82, 2.24) is 4.90 Å². The van der Waals surface area contributed by atoms with Crippen LogP contribution >= 0.6 is 0 Å². The van der Waals surface area contributed by atoms with E-state index >= 15 is 0 Å². The third-order valence-corrected chi connectivity index (χ3v) is 3.02. The molecular formula is C12H13F2NO2. The van der Waals surface area contributed by atoms with Crippen molar-refractivity contribution in [3.8, 4) is 0 Å². The fourth-order valence-electron chi connectivity index (χ4n) is 1.94. The Morgan fingerprint density at radius 2 is 2.12 bits per heavy atom. The number of halogens is 2. The van der Waals surface area contributed by atoms with Gasteiger partial charge in [-0.3, -0.25) is 9.69 Å². The predicted molar refractivity (Wildman–Crippen MR) is 57.5 cm³/mol. The van der Waals surface area contributed by atoms with Gasteiger partial charge < -0.3 is 5.11 Å². The summed E-state index contributed by atoms with van der Waals surface area (Å²) in [7, 11) is 1.63. The van der Waals surface area contributed by atoms with Gasteiger partial charge in [0, 0.05) is 11.6 Å². The maximum Gasteiger partial charge on any atom is 0.325 e. The summed E-state index contributed by atoms with van der Waals surface area (Å²) in [6.45, 7) is 0. The first-order valence-electron chi connectivity index (χ1n) is 5.40. The largest absolute Gasteiger partial charge is 0.480 e. The molecule has 0 aliphatic heterocycles. The molecule has 1 atom stereocenters. The summed E-state index contributed by atoms with van der Waals surface area (Å²) in [5.74, 6) is -2.48. The van der Waals surface area contributed by atoms with E-state index in [0.717, 1.165) is 31.0 Å². The van der Waals surface area contributed by atoms with Crippen molar-refractivity contribution in [2.24, 2.45) is 0 Å². The van der Waals surface area contributed by atoms with Crippen molar-refractivity contribution in [3.05, 3.63) is 35.4 Å². The number of carboxylic acid groups (broad SMARTS) is 1. The first kappa shape index (κ1) is 12.0. The smallest absolute Gasteiger partial charge is 0.325 e. The van der Waals surface area contributed by atoms with Gasteiger partial charge in [0.25, 0.3) is 0 Å². The fraction of sp³-hybridized carbons (Fsp3) is 0.417. The van der Waals surface area contributed by atoms with Crippen LogP contribution in [0.25, 0.3) is 0 Å². The highest BCUT2D eigenvalue weighted by molar-refractivity contribution is 5.75. The van der Waals surface area contributed by atoms with Gasteiger partial charge in [0.15, 0.2) is 0 Å². The molecule has 1 aliphatic rings. The van der Waals surface area contributed by atoms with Crippen LogP contribution in [-0.2, 0) is 4.79 Å². The van der Waals surface area contributed by atoms with Crippen molar-refractivity contribution in [2.45, 2.75) is 24.9 Å². The van der Waals surface area contributed by atoms with Crippen molar-refractivity contribution >= 4 is 5.97 Å². The molecule has 92 valence electrons. The molecule has 1 N–H and O–H groups in total. The third-order valence-electron chi connectivity index (χ3n) is 3.02. The molecule has 0 radical (unpaired) electrons. The molecule has 0 amide bonds. The van der Waals surface area contributed by atoms with Crippen LogP contribution in [0.2, 0.25) is 0 Å². The lowest BCUT2D eigenvalue weighted by Gasteiger charge is -2.25. The first-order valence-corrected chi connectivity index (χ1v) is 5.40. The van der Waals surface area contributed by atoms with Gasteiger partial charge in [0.1, 0.15) is 17.7 Å². The molecule has 17 heavy (non-hydrogen) atoms. The number of benzene rings is 1. The van der Waals surface area contributed by atoms with Gasteiger partial charge in [-0.1, -0.05) is 0 Å². The monoisotopic (exact) mass is 241 g/mol. The summed E-state index contributed by atoms with van der Waals surface area (Å²) in [5.41, 5.74) is -0.119. The lowest BCUT2D eigenvalue weighted by atomic mass is 10.0. The van der Waals surface area contributed by atoms with Crippen LogP contribution in [0.15, 0.2) is 18.2 Å². The van der Waals surface area contributed by atoms with E-state index in [2.05, 4.69) is 0 Å². The molecule has 0 heterocycles. The lowest BCUT2D eigenvalue weighted by Crippen LogP contribution is -2.33. The minimum atomic E-state index is -1.16. The van der Waals surface area contributed by atoms with Gasteiger partial charge in [0.2, 0.25) is 0 Å². The summed E-state index contributed by atoms with van der Waals surface area (Å²) < 4.78 is 26.6. The summed E-state index contributed by atoms with van der Waals surface area (Å²) in [6.07, 6.45) is 1.80. The third kappa shape index (κ3) is 2.44. The topological polar surface area (TPSA) is 40.5 Å². The Kier molecular flexibility index (Phi) is 3.11. The maximum atomic E-state index is 13.6. The molecule has 1 aliphatic carbocycles. The van der Waals surface area contributed by atoms with Gasteiger partial charge in [-0.25, -0.2) is 8.78 Å². The van der Waals surface area contributed by atoms with E-state index in [1.807, 2.05) is 0 Å². The number of carbonyl (C=O) groups is 1. The highest BCUT2D eigenvalue weighted by atomic mass is 19.1. The zero-order chi connectivity index (χ0) is 12.6. The van der Waals surface area contributed by atoms with E-state index in [9.17, 15) is 13.6 Å². The number of rotatable bonds is 4.